The van der Waals surface area contributed by atoms with Crippen LogP contribution in [0.25, 0.3) is 22.6 Å². The number of piperidine rings is 1. The number of aromatic nitrogens is 4. The van der Waals surface area contributed by atoms with Gasteiger partial charge in [0, 0.05) is 32.3 Å². The maximum atomic E-state index is 15.3. The maximum Gasteiger partial charge on any atom is 0.419 e. The van der Waals surface area contributed by atoms with E-state index in [1.54, 1.807) is 0 Å². The molecule has 3 N–H and O–H groups in total. The largest absolute Gasteiger partial charge is 0.419 e. The summed E-state index contributed by atoms with van der Waals surface area (Å²) in [6.45, 7) is 5.40. The van der Waals surface area contributed by atoms with Crippen LogP contribution in [0.3, 0.4) is 0 Å². The van der Waals surface area contributed by atoms with Gasteiger partial charge in [-0.1, -0.05) is 0 Å². The van der Waals surface area contributed by atoms with Crippen molar-refractivity contribution in [2.75, 3.05) is 57.8 Å². The zero-order valence-corrected chi connectivity index (χ0v) is 22.2. The number of urea groups is 1. The predicted molar refractivity (Wildman–Crippen MR) is 145 cm³/mol. The van der Waals surface area contributed by atoms with Gasteiger partial charge >= 0.3 is 6.03 Å². The molecule has 3 aliphatic rings. The number of quaternary nitrogens is 1. The van der Waals surface area contributed by atoms with E-state index in [0.29, 0.717) is 47.9 Å². The van der Waals surface area contributed by atoms with Crippen LogP contribution in [-0.4, -0.2) is 83.6 Å². The van der Waals surface area contributed by atoms with Crippen molar-refractivity contribution in [1.82, 2.24) is 29.1 Å². The molecule has 3 saturated heterocycles. The van der Waals surface area contributed by atoms with Gasteiger partial charge in [0.2, 0.25) is 0 Å². The number of benzene rings is 1. The van der Waals surface area contributed by atoms with Gasteiger partial charge in [0.25, 0.3) is 0 Å². The van der Waals surface area contributed by atoms with Gasteiger partial charge in [-0.05, 0) is 64.6 Å². The molecule has 1 aromatic carbocycles. The molecule has 6 rings (SSSR count). The molecular weight excluding hydrogens is 487 g/mol. The van der Waals surface area contributed by atoms with Crippen LogP contribution in [0, 0.1) is 5.82 Å². The minimum atomic E-state index is -0.384. The molecule has 0 bridgehead atoms. The first kappa shape index (κ1) is 25.3. The number of hydrogen-bond donors (Lipinski definition) is 2. The highest BCUT2D eigenvalue weighted by molar-refractivity contribution is 5.91. The number of H-pyrrole nitrogens is 1. The van der Waals surface area contributed by atoms with Gasteiger partial charge in [-0.2, -0.15) is 5.10 Å². The highest BCUT2D eigenvalue weighted by Gasteiger charge is 2.44. The molecule has 1 unspecified atom stereocenters. The Kier molecular flexibility index (Phi) is 6.83. The van der Waals surface area contributed by atoms with Gasteiger partial charge in [0.05, 0.1) is 36.0 Å². The number of likely N-dealkylation sites (N-methyl/N-ethyl adjacent to an activating group) is 1. The third-order valence-corrected chi connectivity index (χ3v) is 8.46. The number of hydrogen-bond acceptors (Lipinski definition) is 6. The molecule has 0 saturated carbocycles. The smallest absolute Gasteiger partial charge is 0.368 e. The van der Waals surface area contributed by atoms with Gasteiger partial charge < -0.3 is 25.3 Å². The molecule has 0 aliphatic carbocycles. The highest BCUT2D eigenvalue weighted by Crippen LogP contribution is 2.39. The number of imidazole rings is 1. The summed E-state index contributed by atoms with van der Waals surface area (Å²) in [4.78, 5) is 25.5. The zero-order chi connectivity index (χ0) is 26.3. The minimum absolute atomic E-state index is 0.0417. The lowest BCUT2D eigenvalue weighted by molar-refractivity contribution is -0.0394. The van der Waals surface area contributed by atoms with E-state index in [9.17, 15) is 4.79 Å². The first-order valence-electron chi connectivity index (χ1n) is 14.0. The number of carbonyl (C=O) groups is 1. The Morgan fingerprint density at radius 3 is 2.71 bits per heavy atom. The summed E-state index contributed by atoms with van der Waals surface area (Å²) >= 11 is 0. The molecule has 10 nitrogen and oxygen atoms in total. The fourth-order valence-corrected chi connectivity index (χ4v) is 6.24. The Morgan fingerprint density at radius 1 is 1.11 bits per heavy atom. The van der Waals surface area contributed by atoms with E-state index in [2.05, 4.69) is 21.8 Å². The number of nitrogens with zero attached hydrogens (tertiary/aromatic N) is 6. The molecule has 204 valence electrons. The number of aromatic amines is 1. The van der Waals surface area contributed by atoms with E-state index < -0.39 is 0 Å². The molecule has 2 aromatic heterocycles. The number of nitrogens with two attached hydrogens (primary N) is 1. The SMILES string of the molecule is CN1CCCN(c2cc3nc(-c4nn(C5CCCCO5)cc4[N+]4(C(N)=O)CCCCC4)[nH]c3cc2F)CC1. The molecule has 3 aromatic rings. The second kappa shape index (κ2) is 10.3. The normalized spacial score (nSPS) is 23.0. The highest BCUT2D eigenvalue weighted by atomic mass is 19.1. The van der Waals surface area contributed by atoms with Crippen molar-refractivity contribution < 1.29 is 13.9 Å². The Morgan fingerprint density at radius 2 is 1.95 bits per heavy atom. The molecule has 38 heavy (non-hydrogen) atoms. The Balaban J connectivity index is 1.43. The zero-order valence-electron chi connectivity index (χ0n) is 22.2. The number of amides is 2. The van der Waals surface area contributed by atoms with Crippen molar-refractivity contribution in [2.24, 2.45) is 5.73 Å². The van der Waals surface area contributed by atoms with Crippen LogP contribution in [0.2, 0.25) is 0 Å². The molecule has 3 fully saturated rings. The average molecular weight is 526 g/mol. The van der Waals surface area contributed by atoms with Crippen molar-refractivity contribution in [1.29, 1.82) is 0 Å². The minimum Gasteiger partial charge on any atom is -0.368 e. The second-order valence-corrected chi connectivity index (χ2v) is 11.0. The third-order valence-electron chi connectivity index (χ3n) is 8.46. The van der Waals surface area contributed by atoms with Gasteiger partial charge in [0.1, 0.15) is 12.0 Å². The fraction of sp³-hybridized carbons (Fsp3) is 0.593. The van der Waals surface area contributed by atoms with Gasteiger partial charge in [-0.15, -0.1) is 0 Å². The average Bonchev–Trinajstić information content (AvgIpc) is 3.49. The molecule has 1 atom stereocenters. The lowest BCUT2D eigenvalue weighted by Crippen LogP contribution is -2.59. The van der Waals surface area contributed by atoms with Crippen LogP contribution in [0.15, 0.2) is 18.3 Å². The first-order valence-corrected chi connectivity index (χ1v) is 14.0. The summed E-state index contributed by atoms with van der Waals surface area (Å²) < 4.78 is 23.2. The number of primary amides is 1. The van der Waals surface area contributed by atoms with E-state index in [1.165, 1.54) is 6.07 Å². The van der Waals surface area contributed by atoms with E-state index in [0.717, 1.165) is 76.8 Å². The molecule has 2 amide bonds. The summed E-state index contributed by atoms with van der Waals surface area (Å²) in [6, 6.07) is 2.97. The Labute approximate surface area is 222 Å². The van der Waals surface area contributed by atoms with Crippen molar-refractivity contribution in [2.45, 2.75) is 51.2 Å². The quantitative estimate of drug-likeness (QED) is 0.500. The standard InChI is InChI=1S/C27H37FN8O2/c1-33-9-7-10-34(12-11-33)22-17-21-20(16-19(22)28)30-26(31-21)25-23(36(27(29)37)13-4-2-5-14-36)18-35(32-25)24-8-3-6-15-38-24/h16-18,24H,2-15H2,1H3,(H2-,29,30,31,32,37)/p+1. The van der Waals surface area contributed by atoms with Crippen molar-refractivity contribution in [3.05, 3.63) is 24.1 Å². The second-order valence-electron chi connectivity index (χ2n) is 11.0. The number of nitrogens with one attached hydrogen (secondary N) is 1. The molecular formula is C27H38FN8O2+. The van der Waals surface area contributed by atoms with Crippen molar-refractivity contribution in [3.63, 3.8) is 0 Å². The molecule has 0 spiro atoms. The topological polar surface area (TPSA) is 105 Å². The van der Waals surface area contributed by atoms with Crippen LogP contribution in [0.1, 0.15) is 51.2 Å². The van der Waals surface area contributed by atoms with Crippen LogP contribution in [0.4, 0.5) is 20.6 Å². The number of likely N-dealkylation sites (tertiary alicyclic amines) is 1. The first-order chi connectivity index (χ1) is 18.4. The summed E-state index contributed by atoms with van der Waals surface area (Å²) in [6.07, 6.45) is 8.56. The Bertz CT molecular complexity index is 1310. The number of halogens is 1. The van der Waals surface area contributed by atoms with Gasteiger partial charge in [0.15, 0.2) is 17.2 Å². The number of fused-ring (bicyclic) bond motifs is 1. The summed E-state index contributed by atoms with van der Waals surface area (Å²) in [5.74, 6) is 0.247. The number of ether oxygens (including phenoxy) is 1. The summed E-state index contributed by atoms with van der Waals surface area (Å²) in [7, 11) is 2.10. The van der Waals surface area contributed by atoms with Crippen molar-refractivity contribution >= 4 is 28.4 Å². The van der Waals surface area contributed by atoms with Gasteiger partial charge in [-0.25, -0.2) is 23.3 Å². The maximum absolute atomic E-state index is 15.3. The lowest BCUT2D eigenvalue weighted by atomic mass is 10.1. The van der Waals surface area contributed by atoms with E-state index in [1.807, 2.05) is 16.9 Å². The number of rotatable bonds is 4. The Hall–Kier alpha value is -3.02. The molecule has 3 aliphatic heterocycles. The number of anilines is 1. The van der Waals surface area contributed by atoms with E-state index >= 15 is 4.39 Å². The van der Waals surface area contributed by atoms with Gasteiger partial charge in [-0.3, -0.25) is 0 Å². The molecule has 0 radical (unpaired) electrons. The monoisotopic (exact) mass is 525 g/mol. The molecule has 11 heteroatoms. The predicted octanol–water partition coefficient (Wildman–Crippen LogP) is 3.98. The summed E-state index contributed by atoms with van der Waals surface area (Å²) in [5, 5.41) is 4.92. The lowest BCUT2D eigenvalue weighted by Gasteiger charge is -2.36. The van der Waals surface area contributed by atoms with E-state index in [-0.39, 0.29) is 22.6 Å². The van der Waals surface area contributed by atoms with E-state index in [4.69, 9.17) is 20.6 Å². The van der Waals surface area contributed by atoms with Crippen LogP contribution < -0.4 is 15.1 Å². The van der Waals surface area contributed by atoms with Crippen molar-refractivity contribution in [3.8, 4) is 11.5 Å². The molecule has 5 heterocycles. The fourth-order valence-electron chi connectivity index (χ4n) is 6.24. The van der Waals surface area contributed by atoms with Crippen LogP contribution in [0.5, 0.6) is 0 Å². The number of carbonyl (C=O) groups excluding carboxylic acids is 1. The third kappa shape index (κ3) is 4.56. The van der Waals surface area contributed by atoms with Crippen LogP contribution in [-0.2, 0) is 4.74 Å². The van der Waals surface area contributed by atoms with Crippen LogP contribution >= 0.6 is 0 Å². The summed E-state index contributed by atoms with van der Waals surface area (Å²) in [5.41, 5.74) is 9.23.